The zero-order valence-corrected chi connectivity index (χ0v) is 19.5. The zero-order valence-electron chi connectivity index (χ0n) is 19.5. The van der Waals surface area contributed by atoms with Crippen LogP contribution in [0, 0.1) is 0 Å². The molecule has 0 bridgehead atoms. The number of hydrogen-bond donors (Lipinski definition) is 0. The number of methoxy groups -OCH3 is 2. The summed E-state index contributed by atoms with van der Waals surface area (Å²) in [4.78, 5) is 34.0. The van der Waals surface area contributed by atoms with Gasteiger partial charge in [-0.05, 0) is 41.8 Å². The number of piperazine rings is 1. The molecule has 2 atom stereocenters. The number of carbonyl (C=O) groups excluding carboxylic acids is 2. The molecular weight excluding hydrogens is 418 g/mol. The van der Waals surface area contributed by atoms with Crippen LogP contribution in [-0.4, -0.2) is 80.0 Å². The molecule has 5 rings (SSSR count). The van der Waals surface area contributed by atoms with Crippen LogP contribution in [0.2, 0.25) is 0 Å². The topological polar surface area (TPSA) is 62.3 Å². The number of fused-ring (bicyclic) bond motifs is 4. The van der Waals surface area contributed by atoms with Crippen LogP contribution in [0.25, 0.3) is 0 Å². The van der Waals surface area contributed by atoms with Crippen molar-refractivity contribution in [2.75, 3.05) is 53.5 Å². The molecule has 0 aliphatic carbocycles. The number of hydrogen-bond acceptors (Lipinski definition) is 5. The van der Waals surface area contributed by atoms with E-state index in [4.69, 9.17) is 9.47 Å². The Kier molecular flexibility index (Phi) is 5.74. The summed E-state index contributed by atoms with van der Waals surface area (Å²) >= 11 is 0. The molecule has 0 saturated carbocycles. The minimum atomic E-state index is -0.480. The van der Waals surface area contributed by atoms with Crippen molar-refractivity contribution >= 4 is 11.8 Å². The molecule has 2 aromatic carbocycles. The van der Waals surface area contributed by atoms with Gasteiger partial charge in [-0.3, -0.25) is 9.59 Å². The molecule has 0 spiro atoms. The minimum absolute atomic E-state index is 0.0506. The predicted molar refractivity (Wildman–Crippen MR) is 125 cm³/mol. The van der Waals surface area contributed by atoms with Gasteiger partial charge in [0.15, 0.2) is 11.5 Å². The van der Waals surface area contributed by atoms with E-state index >= 15 is 0 Å². The normalized spacial score (nSPS) is 22.3. The van der Waals surface area contributed by atoms with Crippen molar-refractivity contribution in [2.24, 2.45) is 0 Å². The summed E-state index contributed by atoms with van der Waals surface area (Å²) in [7, 11) is 3.14. The minimum Gasteiger partial charge on any atom is -0.493 e. The maximum Gasteiger partial charge on any atom is 0.254 e. The predicted octanol–water partition coefficient (Wildman–Crippen LogP) is 2.70. The van der Waals surface area contributed by atoms with E-state index in [9.17, 15) is 9.59 Å². The molecule has 1 fully saturated rings. The standard InChI is InChI=1S/C26H31N3O4/c1-4-27-11-13-28(14-12-27)26(31)23-19-15-21(32-2)22(33-3)16-20(19)25(30)29-10-9-17-7-5-6-8-18(17)24(23)29/h5-8,15-16,23-24H,4,9-14H2,1-3H3/t23-,24+/m0/s1. The number of ether oxygens (including phenoxy) is 2. The van der Waals surface area contributed by atoms with E-state index in [1.165, 1.54) is 5.56 Å². The lowest BCUT2D eigenvalue weighted by Crippen LogP contribution is -2.54. The Morgan fingerprint density at radius 2 is 1.67 bits per heavy atom. The van der Waals surface area contributed by atoms with Gasteiger partial charge < -0.3 is 24.2 Å². The fourth-order valence-corrected chi connectivity index (χ4v) is 5.60. The molecule has 7 nitrogen and oxygen atoms in total. The Morgan fingerprint density at radius 3 is 2.36 bits per heavy atom. The quantitative estimate of drug-likeness (QED) is 0.718. The Bertz CT molecular complexity index is 1080. The Balaban J connectivity index is 1.64. The summed E-state index contributed by atoms with van der Waals surface area (Å²) in [5, 5.41) is 0. The first kappa shape index (κ1) is 21.8. The first-order chi connectivity index (χ1) is 16.1. The first-order valence-electron chi connectivity index (χ1n) is 11.7. The van der Waals surface area contributed by atoms with Gasteiger partial charge >= 0.3 is 0 Å². The summed E-state index contributed by atoms with van der Waals surface area (Å²) in [6, 6.07) is 11.5. The van der Waals surface area contributed by atoms with E-state index in [2.05, 4.69) is 24.0 Å². The highest BCUT2D eigenvalue weighted by Gasteiger charge is 2.48. The molecule has 33 heavy (non-hydrogen) atoms. The van der Waals surface area contributed by atoms with Crippen LogP contribution >= 0.6 is 0 Å². The third-order valence-corrected chi connectivity index (χ3v) is 7.43. The summed E-state index contributed by atoms with van der Waals surface area (Å²) in [5.74, 6) is 0.592. The van der Waals surface area contributed by atoms with Gasteiger partial charge in [0, 0.05) is 38.3 Å². The van der Waals surface area contributed by atoms with Crippen molar-refractivity contribution in [3.05, 3.63) is 58.7 Å². The first-order valence-corrected chi connectivity index (χ1v) is 11.7. The molecule has 1 saturated heterocycles. The molecule has 0 radical (unpaired) electrons. The van der Waals surface area contributed by atoms with E-state index in [0.717, 1.165) is 37.2 Å². The number of nitrogens with zero attached hydrogens (tertiary/aromatic N) is 3. The van der Waals surface area contributed by atoms with Gasteiger partial charge in [-0.1, -0.05) is 31.2 Å². The van der Waals surface area contributed by atoms with Gasteiger partial charge in [0.2, 0.25) is 5.91 Å². The molecule has 3 aliphatic heterocycles. The highest BCUT2D eigenvalue weighted by atomic mass is 16.5. The van der Waals surface area contributed by atoms with Crippen molar-refractivity contribution in [1.82, 2.24) is 14.7 Å². The highest BCUT2D eigenvalue weighted by molar-refractivity contribution is 6.02. The van der Waals surface area contributed by atoms with Gasteiger partial charge in [0.05, 0.1) is 26.2 Å². The molecule has 0 unspecified atom stereocenters. The lowest BCUT2D eigenvalue weighted by molar-refractivity contribution is -0.136. The average Bonchev–Trinajstić information content (AvgIpc) is 2.87. The van der Waals surface area contributed by atoms with Crippen LogP contribution in [0.15, 0.2) is 36.4 Å². The van der Waals surface area contributed by atoms with Crippen LogP contribution in [0.4, 0.5) is 0 Å². The summed E-state index contributed by atoms with van der Waals surface area (Å²) in [6.07, 6.45) is 0.789. The Labute approximate surface area is 194 Å². The van der Waals surface area contributed by atoms with E-state index in [-0.39, 0.29) is 17.9 Å². The largest absolute Gasteiger partial charge is 0.493 e. The molecule has 3 heterocycles. The summed E-state index contributed by atoms with van der Waals surface area (Å²) in [6.45, 7) is 6.89. The van der Waals surface area contributed by atoms with Crippen LogP contribution in [-0.2, 0) is 11.2 Å². The Hall–Kier alpha value is -3.06. The maximum atomic E-state index is 14.1. The third-order valence-electron chi connectivity index (χ3n) is 7.43. The van der Waals surface area contributed by atoms with Crippen molar-refractivity contribution < 1.29 is 19.1 Å². The SMILES string of the molecule is CCN1CCN(C(=O)[C@H]2c3cc(OC)c(OC)cc3C(=O)N3CCc4ccccc4[C@H]23)CC1. The van der Waals surface area contributed by atoms with E-state index < -0.39 is 5.92 Å². The number of amides is 2. The monoisotopic (exact) mass is 449 g/mol. The van der Waals surface area contributed by atoms with Gasteiger partial charge in [-0.2, -0.15) is 0 Å². The molecule has 0 aromatic heterocycles. The van der Waals surface area contributed by atoms with Crippen LogP contribution < -0.4 is 9.47 Å². The zero-order chi connectivity index (χ0) is 23.1. The second-order valence-corrected chi connectivity index (χ2v) is 8.92. The fourth-order valence-electron chi connectivity index (χ4n) is 5.60. The van der Waals surface area contributed by atoms with Crippen LogP contribution in [0.1, 0.15) is 45.9 Å². The van der Waals surface area contributed by atoms with Crippen molar-refractivity contribution in [3.8, 4) is 11.5 Å². The smallest absolute Gasteiger partial charge is 0.254 e. The van der Waals surface area contributed by atoms with Crippen LogP contribution in [0.5, 0.6) is 11.5 Å². The molecule has 174 valence electrons. The van der Waals surface area contributed by atoms with Gasteiger partial charge in [-0.25, -0.2) is 0 Å². The second kappa shape index (κ2) is 8.71. The molecule has 7 heteroatoms. The number of benzene rings is 2. The lowest BCUT2D eigenvalue weighted by atomic mass is 9.75. The van der Waals surface area contributed by atoms with Crippen molar-refractivity contribution in [1.29, 1.82) is 0 Å². The average molecular weight is 450 g/mol. The molecule has 0 N–H and O–H groups in total. The molecule has 2 aromatic rings. The van der Waals surface area contributed by atoms with Gasteiger partial charge in [0.1, 0.15) is 0 Å². The maximum absolute atomic E-state index is 14.1. The third kappa shape index (κ3) is 3.55. The number of likely N-dealkylation sites (N-methyl/N-ethyl adjacent to an activating group) is 1. The number of rotatable bonds is 4. The van der Waals surface area contributed by atoms with E-state index in [1.807, 2.05) is 28.0 Å². The lowest BCUT2D eigenvalue weighted by Gasteiger charge is -2.47. The van der Waals surface area contributed by atoms with Crippen molar-refractivity contribution in [3.63, 3.8) is 0 Å². The summed E-state index contributed by atoms with van der Waals surface area (Å²) < 4.78 is 11.0. The fraction of sp³-hybridized carbons (Fsp3) is 0.462. The van der Waals surface area contributed by atoms with Gasteiger partial charge in [-0.15, -0.1) is 0 Å². The van der Waals surface area contributed by atoms with Crippen molar-refractivity contribution in [2.45, 2.75) is 25.3 Å². The molecule has 3 aliphatic rings. The number of carbonyl (C=O) groups is 2. The second-order valence-electron chi connectivity index (χ2n) is 8.92. The van der Waals surface area contributed by atoms with E-state index in [1.54, 1.807) is 20.3 Å². The summed E-state index contributed by atoms with van der Waals surface area (Å²) in [5.41, 5.74) is 3.56. The molecule has 2 amide bonds. The van der Waals surface area contributed by atoms with Crippen LogP contribution in [0.3, 0.4) is 0 Å². The van der Waals surface area contributed by atoms with Gasteiger partial charge in [0.25, 0.3) is 5.91 Å². The Morgan fingerprint density at radius 1 is 0.970 bits per heavy atom. The molecular formula is C26H31N3O4. The van der Waals surface area contributed by atoms with E-state index in [0.29, 0.717) is 36.7 Å². The highest BCUT2D eigenvalue weighted by Crippen LogP contribution is 2.49.